The summed E-state index contributed by atoms with van der Waals surface area (Å²) in [7, 11) is 0. The number of alkyl halides is 1. The van der Waals surface area contributed by atoms with E-state index in [0.29, 0.717) is 5.56 Å². The molecule has 1 atom stereocenters. The molecule has 2 aromatic rings. The second-order valence-electron chi connectivity index (χ2n) is 4.19. The fraction of sp³-hybridized carbons (Fsp3) is 0.143. The summed E-state index contributed by atoms with van der Waals surface area (Å²) in [4.78, 5) is 10.3. The Balaban J connectivity index is 2.33. The van der Waals surface area contributed by atoms with Crippen molar-refractivity contribution in [1.82, 2.24) is 0 Å². The predicted octanol–water partition coefficient (Wildman–Crippen LogP) is 4.40. The highest BCUT2D eigenvalue weighted by atomic mass is 35.5. The highest BCUT2D eigenvalue weighted by Gasteiger charge is 2.22. The number of nitrogens with zero attached hydrogens (tertiary/aromatic N) is 1. The molecule has 0 amide bonds. The third-order valence-electron chi connectivity index (χ3n) is 2.90. The number of halogens is 3. The first kappa shape index (κ1) is 14.4. The molecule has 0 N–H and O–H groups in total. The Hall–Kier alpha value is -2.01. The van der Waals surface area contributed by atoms with Crippen molar-refractivity contribution in [3.05, 3.63) is 75.3 Å². The van der Waals surface area contributed by atoms with Crippen LogP contribution < -0.4 is 0 Å². The number of benzene rings is 2. The van der Waals surface area contributed by atoms with Crippen LogP contribution in [0.2, 0.25) is 0 Å². The normalized spacial score (nSPS) is 12.2. The minimum atomic E-state index is -1.02. The van der Waals surface area contributed by atoms with Gasteiger partial charge < -0.3 is 0 Å². The highest BCUT2D eigenvalue weighted by Crippen LogP contribution is 2.32. The van der Waals surface area contributed by atoms with E-state index in [1.807, 2.05) is 0 Å². The van der Waals surface area contributed by atoms with E-state index < -0.39 is 21.9 Å². The quantitative estimate of drug-likeness (QED) is 0.477. The summed E-state index contributed by atoms with van der Waals surface area (Å²) in [5, 5.41) is 9.87. The topological polar surface area (TPSA) is 43.1 Å². The van der Waals surface area contributed by atoms with E-state index >= 15 is 0 Å². The zero-order chi connectivity index (χ0) is 14.7. The Bertz CT molecular complexity index is 629. The van der Waals surface area contributed by atoms with Crippen LogP contribution in [-0.4, -0.2) is 4.92 Å². The summed E-state index contributed by atoms with van der Waals surface area (Å²) in [6, 6.07) is 9.43. The molecule has 6 heteroatoms. The number of para-hydroxylation sites is 1. The molecule has 0 saturated heterocycles. The molecule has 0 heterocycles. The van der Waals surface area contributed by atoms with Gasteiger partial charge >= 0.3 is 0 Å². The van der Waals surface area contributed by atoms with E-state index in [1.54, 1.807) is 6.07 Å². The van der Waals surface area contributed by atoms with Gasteiger partial charge in [-0.15, -0.1) is 11.6 Å². The average molecular weight is 298 g/mol. The van der Waals surface area contributed by atoms with Gasteiger partial charge in [0, 0.05) is 17.2 Å². The van der Waals surface area contributed by atoms with E-state index in [9.17, 15) is 18.9 Å². The van der Waals surface area contributed by atoms with E-state index in [4.69, 9.17) is 11.6 Å². The zero-order valence-corrected chi connectivity index (χ0v) is 11.0. The minimum Gasteiger partial charge on any atom is -0.258 e. The van der Waals surface area contributed by atoms with Crippen molar-refractivity contribution < 1.29 is 13.7 Å². The first-order valence-electron chi connectivity index (χ1n) is 5.81. The Morgan fingerprint density at radius 2 is 1.70 bits per heavy atom. The summed E-state index contributed by atoms with van der Waals surface area (Å²) in [5.74, 6) is -1.52. The monoisotopic (exact) mass is 297 g/mol. The van der Waals surface area contributed by atoms with Gasteiger partial charge in [-0.1, -0.05) is 24.3 Å². The molecule has 0 radical (unpaired) electrons. The van der Waals surface area contributed by atoms with Crippen molar-refractivity contribution in [2.45, 2.75) is 11.8 Å². The van der Waals surface area contributed by atoms with Crippen molar-refractivity contribution in [3.8, 4) is 0 Å². The maximum absolute atomic E-state index is 13.6. The van der Waals surface area contributed by atoms with E-state index in [1.165, 1.54) is 24.3 Å². The summed E-state index contributed by atoms with van der Waals surface area (Å²) in [6.45, 7) is 0. The van der Waals surface area contributed by atoms with Crippen molar-refractivity contribution in [2.75, 3.05) is 0 Å². The number of nitro benzene ring substituents is 1. The van der Waals surface area contributed by atoms with Crippen LogP contribution in [0.5, 0.6) is 0 Å². The number of rotatable bonds is 4. The maximum atomic E-state index is 13.6. The van der Waals surface area contributed by atoms with Gasteiger partial charge in [0.05, 0.1) is 10.3 Å². The Morgan fingerprint density at radius 1 is 1.10 bits per heavy atom. The molecule has 0 aliphatic rings. The van der Waals surface area contributed by atoms with Gasteiger partial charge in [0.2, 0.25) is 0 Å². The lowest BCUT2D eigenvalue weighted by atomic mass is 10.0. The molecule has 0 bridgehead atoms. The van der Waals surface area contributed by atoms with E-state index in [0.717, 1.165) is 12.1 Å². The van der Waals surface area contributed by atoms with Crippen LogP contribution in [0.25, 0.3) is 0 Å². The lowest BCUT2D eigenvalue weighted by Gasteiger charge is -2.12. The van der Waals surface area contributed by atoms with Crippen molar-refractivity contribution >= 4 is 17.3 Å². The molecule has 0 fully saturated rings. The second kappa shape index (κ2) is 5.96. The molecule has 0 spiro atoms. The fourth-order valence-electron chi connectivity index (χ4n) is 1.97. The standard InChI is InChI=1S/C14H10ClF2NO2/c15-10(14-11(16)5-3-6-12(14)17)8-9-4-1-2-7-13(9)18(19)20/h1-7,10H,8H2. The van der Waals surface area contributed by atoms with Crippen molar-refractivity contribution in [2.24, 2.45) is 0 Å². The van der Waals surface area contributed by atoms with Gasteiger partial charge in [0.15, 0.2) is 0 Å². The molecule has 2 aromatic carbocycles. The third kappa shape index (κ3) is 2.93. The van der Waals surface area contributed by atoms with Crippen LogP contribution in [0.15, 0.2) is 42.5 Å². The lowest BCUT2D eigenvalue weighted by molar-refractivity contribution is -0.385. The SMILES string of the molecule is O=[N+]([O-])c1ccccc1CC(Cl)c1c(F)cccc1F. The lowest BCUT2D eigenvalue weighted by Crippen LogP contribution is -2.04. The smallest absolute Gasteiger partial charge is 0.258 e. The molecular formula is C14H10ClF2NO2. The van der Waals surface area contributed by atoms with Crippen LogP contribution in [0.3, 0.4) is 0 Å². The van der Waals surface area contributed by atoms with Crippen LogP contribution in [-0.2, 0) is 6.42 Å². The molecular weight excluding hydrogens is 288 g/mol. The van der Waals surface area contributed by atoms with Crippen LogP contribution >= 0.6 is 11.6 Å². The highest BCUT2D eigenvalue weighted by molar-refractivity contribution is 6.21. The number of hydrogen-bond acceptors (Lipinski definition) is 2. The van der Waals surface area contributed by atoms with Crippen LogP contribution in [0.1, 0.15) is 16.5 Å². The summed E-state index contributed by atoms with van der Waals surface area (Å²) in [5.41, 5.74) is -0.0534. The first-order valence-corrected chi connectivity index (χ1v) is 6.24. The summed E-state index contributed by atoms with van der Waals surface area (Å²) >= 11 is 6.03. The molecule has 0 saturated carbocycles. The summed E-state index contributed by atoms with van der Waals surface area (Å²) < 4.78 is 27.2. The van der Waals surface area contributed by atoms with Crippen LogP contribution in [0, 0.1) is 21.7 Å². The van der Waals surface area contributed by atoms with E-state index in [-0.39, 0.29) is 17.7 Å². The van der Waals surface area contributed by atoms with Gasteiger partial charge in [0.1, 0.15) is 11.6 Å². The van der Waals surface area contributed by atoms with Gasteiger partial charge in [-0.2, -0.15) is 0 Å². The molecule has 1 unspecified atom stereocenters. The Labute approximate surface area is 119 Å². The minimum absolute atomic E-state index is 0.0312. The molecule has 0 aromatic heterocycles. The Kier molecular flexibility index (Phi) is 4.29. The molecule has 104 valence electrons. The van der Waals surface area contributed by atoms with Crippen molar-refractivity contribution in [1.29, 1.82) is 0 Å². The van der Waals surface area contributed by atoms with Gasteiger partial charge in [-0.25, -0.2) is 8.78 Å². The molecule has 20 heavy (non-hydrogen) atoms. The Morgan fingerprint density at radius 3 is 2.30 bits per heavy atom. The van der Waals surface area contributed by atoms with Crippen molar-refractivity contribution in [3.63, 3.8) is 0 Å². The van der Waals surface area contributed by atoms with Crippen LogP contribution in [0.4, 0.5) is 14.5 Å². The average Bonchev–Trinajstić information content (AvgIpc) is 2.38. The summed E-state index contributed by atoms with van der Waals surface area (Å²) in [6.07, 6.45) is -0.0312. The molecule has 3 nitrogen and oxygen atoms in total. The molecule has 0 aliphatic heterocycles. The number of hydrogen-bond donors (Lipinski definition) is 0. The zero-order valence-electron chi connectivity index (χ0n) is 10.2. The van der Waals surface area contributed by atoms with Gasteiger partial charge in [-0.3, -0.25) is 10.1 Å². The molecule has 0 aliphatic carbocycles. The predicted molar refractivity (Wildman–Crippen MR) is 71.8 cm³/mol. The first-order chi connectivity index (χ1) is 9.50. The van der Waals surface area contributed by atoms with E-state index in [2.05, 4.69) is 0 Å². The second-order valence-corrected chi connectivity index (χ2v) is 4.72. The maximum Gasteiger partial charge on any atom is 0.272 e. The van der Waals surface area contributed by atoms with Gasteiger partial charge in [-0.05, 0) is 18.6 Å². The number of nitro groups is 1. The largest absolute Gasteiger partial charge is 0.272 e. The third-order valence-corrected chi connectivity index (χ3v) is 3.27. The fourth-order valence-corrected chi connectivity index (χ4v) is 2.34. The van der Waals surface area contributed by atoms with Gasteiger partial charge in [0.25, 0.3) is 5.69 Å². The molecule has 2 rings (SSSR count).